The van der Waals surface area contributed by atoms with Crippen molar-refractivity contribution in [1.29, 1.82) is 0 Å². The molecule has 8 heteroatoms. The van der Waals surface area contributed by atoms with Crippen LogP contribution in [0.3, 0.4) is 0 Å². The predicted octanol–water partition coefficient (Wildman–Crippen LogP) is 6.06. The number of nitrogens with one attached hydrogen (secondary N) is 1. The molecule has 1 amide bonds. The summed E-state index contributed by atoms with van der Waals surface area (Å²) in [5.74, 6) is 0.950. The Hall–Kier alpha value is -3.39. The molecule has 4 rings (SSSR count). The quantitative estimate of drug-likeness (QED) is 0.327. The standard InChI is InChI=1S/C26H27FN4O2S/c1-17-7-12-20(14-22(17)27)28-23(32)16-34-25-30-29-24(31(25)15-21-6-5-13-33-21)18-8-10-19(11-9-18)26(2,3)4/h5-14H,15-16H2,1-4H3,(H,28,32). The number of amides is 1. The minimum Gasteiger partial charge on any atom is -0.467 e. The third-order valence-electron chi connectivity index (χ3n) is 5.41. The van der Waals surface area contributed by atoms with Gasteiger partial charge in [-0.05, 0) is 47.7 Å². The molecule has 0 atom stereocenters. The third-order valence-corrected chi connectivity index (χ3v) is 6.37. The molecule has 0 radical (unpaired) electrons. The van der Waals surface area contributed by atoms with Gasteiger partial charge in [0.1, 0.15) is 11.6 Å². The number of anilines is 1. The highest BCUT2D eigenvalue weighted by atomic mass is 32.2. The topological polar surface area (TPSA) is 73.0 Å². The first-order valence-corrected chi connectivity index (χ1v) is 11.9. The Labute approximate surface area is 202 Å². The van der Waals surface area contributed by atoms with Gasteiger partial charge in [0.2, 0.25) is 5.91 Å². The summed E-state index contributed by atoms with van der Waals surface area (Å²) in [5, 5.41) is 12.1. The van der Waals surface area contributed by atoms with Crippen LogP contribution in [0.15, 0.2) is 70.4 Å². The number of hydrogen-bond acceptors (Lipinski definition) is 5. The number of carbonyl (C=O) groups excluding carboxylic acids is 1. The molecule has 0 aliphatic rings. The number of aryl methyl sites for hydroxylation is 1. The van der Waals surface area contributed by atoms with Crippen LogP contribution in [0.25, 0.3) is 11.4 Å². The van der Waals surface area contributed by atoms with E-state index in [1.807, 2.05) is 28.8 Å². The van der Waals surface area contributed by atoms with Crippen molar-refractivity contribution < 1.29 is 13.6 Å². The molecule has 0 aliphatic heterocycles. The van der Waals surface area contributed by atoms with Gasteiger partial charge in [-0.1, -0.05) is 62.9 Å². The van der Waals surface area contributed by atoms with Gasteiger partial charge in [0, 0.05) is 11.3 Å². The van der Waals surface area contributed by atoms with E-state index in [1.165, 1.54) is 23.4 Å². The number of thioether (sulfide) groups is 1. The SMILES string of the molecule is Cc1ccc(NC(=O)CSc2nnc(-c3ccc(C(C)(C)C)cc3)n2Cc2ccco2)cc1F. The Morgan fingerprint density at radius 1 is 1.12 bits per heavy atom. The normalized spacial score (nSPS) is 11.6. The molecule has 2 aromatic heterocycles. The second kappa shape index (κ2) is 9.85. The van der Waals surface area contributed by atoms with Crippen LogP contribution >= 0.6 is 11.8 Å². The van der Waals surface area contributed by atoms with Gasteiger partial charge in [0.05, 0.1) is 18.6 Å². The van der Waals surface area contributed by atoms with Crippen molar-refractivity contribution in [3.63, 3.8) is 0 Å². The molecular weight excluding hydrogens is 451 g/mol. The van der Waals surface area contributed by atoms with Gasteiger partial charge in [-0.15, -0.1) is 10.2 Å². The maximum absolute atomic E-state index is 13.8. The molecule has 0 bridgehead atoms. The molecular formula is C26H27FN4O2S. The first-order valence-electron chi connectivity index (χ1n) is 11.0. The van der Waals surface area contributed by atoms with Crippen molar-refractivity contribution in [3.05, 3.63) is 83.6 Å². The molecule has 0 aliphatic carbocycles. The van der Waals surface area contributed by atoms with Crippen LogP contribution in [0.4, 0.5) is 10.1 Å². The fourth-order valence-electron chi connectivity index (χ4n) is 3.43. The number of hydrogen-bond donors (Lipinski definition) is 1. The Morgan fingerprint density at radius 3 is 2.53 bits per heavy atom. The van der Waals surface area contributed by atoms with Crippen LogP contribution in [-0.4, -0.2) is 26.4 Å². The van der Waals surface area contributed by atoms with Gasteiger partial charge in [-0.25, -0.2) is 4.39 Å². The Kier molecular flexibility index (Phi) is 6.88. The summed E-state index contributed by atoms with van der Waals surface area (Å²) in [4.78, 5) is 12.5. The lowest BCUT2D eigenvalue weighted by atomic mass is 9.87. The van der Waals surface area contributed by atoms with E-state index >= 15 is 0 Å². The van der Waals surface area contributed by atoms with Crippen LogP contribution < -0.4 is 5.32 Å². The van der Waals surface area contributed by atoms with Crippen molar-refractivity contribution in [3.8, 4) is 11.4 Å². The van der Waals surface area contributed by atoms with E-state index in [0.29, 0.717) is 28.8 Å². The van der Waals surface area contributed by atoms with E-state index in [1.54, 1.807) is 25.3 Å². The van der Waals surface area contributed by atoms with E-state index in [4.69, 9.17) is 4.42 Å². The highest BCUT2D eigenvalue weighted by Crippen LogP contribution is 2.28. The summed E-state index contributed by atoms with van der Waals surface area (Å²) < 4.78 is 21.3. The zero-order chi connectivity index (χ0) is 24.3. The Bertz CT molecular complexity index is 1280. The fraction of sp³-hybridized carbons (Fsp3) is 0.269. The average molecular weight is 479 g/mol. The molecule has 2 heterocycles. The summed E-state index contributed by atoms with van der Waals surface area (Å²) in [7, 11) is 0. The van der Waals surface area contributed by atoms with Gasteiger partial charge in [0.25, 0.3) is 0 Å². The van der Waals surface area contributed by atoms with Gasteiger partial charge < -0.3 is 9.73 Å². The van der Waals surface area contributed by atoms with E-state index < -0.39 is 0 Å². The lowest BCUT2D eigenvalue weighted by Crippen LogP contribution is -2.15. The molecule has 0 spiro atoms. The average Bonchev–Trinajstić information content (AvgIpc) is 3.45. The van der Waals surface area contributed by atoms with Gasteiger partial charge >= 0.3 is 0 Å². The number of halogens is 1. The molecule has 6 nitrogen and oxygen atoms in total. The number of rotatable bonds is 7. The molecule has 0 saturated heterocycles. The van der Waals surface area contributed by atoms with E-state index in [0.717, 1.165) is 11.3 Å². The minimum absolute atomic E-state index is 0.0507. The number of benzene rings is 2. The highest BCUT2D eigenvalue weighted by molar-refractivity contribution is 7.99. The van der Waals surface area contributed by atoms with Gasteiger partial charge in [0.15, 0.2) is 11.0 Å². The molecule has 1 N–H and O–H groups in total. The molecule has 4 aromatic rings. The molecule has 0 unspecified atom stereocenters. The molecule has 0 saturated carbocycles. The zero-order valence-corrected chi connectivity index (χ0v) is 20.4. The van der Waals surface area contributed by atoms with Crippen molar-refractivity contribution >= 4 is 23.4 Å². The molecule has 0 fully saturated rings. The second-order valence-corrected chi connectivity index (χ2v) is 10.0. The number of nitrogens with zero attached hydrogens (tertiary/aromatic N) is 3. The first kappa shape index (κ1) is 23.8. The summed E-state index contributed by atoms with van der Waals surface area (Å²) in [6, 6.07) is 16.6. The number of carbonyl (C=O) groups is 1. The van der Waals surface area contributed by atoms with Crippen LogP contribution in [0.1, 0.15) is 37.7 Å². The van der Waals surface area contributed by atoms with Crippen LogP contribution in [-0.2, 0) is 16.8 Å². The monoisotopic (exact) mass is 478 g/mol. The zero-order valence-electron chi connectivity index (χ0n) is 19.6. The number of furan rings is 1. The van der Waals surface area contributed by atoms with Crippen molar-refractivity contribution in [2.24, 2.45) is 0 Å². The third kappa shape index (κ3) is 5.56. The van der Waals surface area contributed by atoms with Crippen molar-refractivity contribution in [2.75, 3.05) is 11.1 Å². The molecule has 2 aromatic carbocycles. The maximum atomic E-state index is 13.8. The largest absolute Gasteiger partial charge is 0.467 e. The van der Waals surface area contributed by atoms with E-state index in [9.17, 15) is 9.18 Å². The Balaban J connectivity index is 1.54. The molecule has 34 heavy (non-hydrogen) atoms. The Morgan fingerprint density at radius 2 is 1.88 bits per heavy atom. The van der Waals surface area contributed by atoms with Crippen molar-refractivity contribution in [2.45, 2.75) is 44.8 Å². The van der Waals surface area contributed by atoms with Gasteiger partial charge in [-0.3, -0.25) is 9.36 Å². The van der Waals surface area contributed by atoms with E-state index in [2.05, 4.69) is 48.4 Å². The highest BCUT2D eigenvalue weighted by Gasteiger charge is 2.19. The predicted molar refractivity (Wildman–Crippen MR) is 132 cm³/mol. The minimum atomic E-state index is -0.356. The number of aromatic nitrogens is 3. The second-order valence-electron chi connectivity index (χ2n) is 9.10. The summed E-state index contributed by atoms with van der Waals surface area (Å²) in [5.41, 5.74) is 3.16. The van der Waals surface area contributed by atoms with Gasteiger partial charge in [-0.2, -0.15) is 0 Å². The molecule has 176 valence electrons. The van der Waals surface area contributed by atoms with E-state index in [-0.39, 0.29) is 22.9 Å². The lowest BCUT2D eigenvalue weighted by Gasteiger charge is -2.19. The van der Waals surface area contributed by atoms with Crippen LogP contribution in [0.2, 0.25) is 0 Å². The summed E-state index contributed by atoms with van der Waals surface area (Å²) >= 11 is 1.27. The lowest BCUT2D eigenvalue weighted by molar-refractivity contribution is -0.113. The smallest absolute Gasteiger partial charge is 0.234 e. The maximum Gasteiger partial charge on any atom is 0.234 e. The summed E-state index contributed by atoms with van der Waals surface area (Å²) in [6.07, 6.45) is 1.62. The fourth-order valence-corrected chi connectivity index (χ4v) is 4.16. The van der Waals surface area contributed by atoms with Crippen LogP contribution in [0, 0.1) is 12.7 Å². The summed E-state index contributed by atoms with van der Waals surface area (Å²) in [6.45, 7) is 8.63. The van der Waals surface area contributed by atoms with Crippen molar-refractivity contribution in [1.82, 2.24) is 14.8 Å². The first-order chi connectivity index (χ1) is 16.2. The van der Waals surface area contributed by atoms with Crippen LogP contribution in [0.5, 0.6) is 0 Å².